The minimum Gasteiger partial charge on any atom is -0.508 e. The third-order valence-corrected chi connectivity index (χ3v) is 2.08. The molecular formula is C9H11NO. The molecule has 1 aliphatic rings. The second kappa shape index (κ2) is 2.24. The van der Waals surface area contributed by atoms with Crippen LogP contribution in [0, 0.1) is 6.92 Å². The molecule has 1 aromatic rings. The van der Waals surface area contributed by atoms with Gasteiger partial charge in [0.15, 0.2) is 0 Å². The Balaban J connectivity index is 2.60. The predicted molar refractivity (Wildman–Crippen MR) is 43.4 cm³/mol. The normalized spacial score (nSPS) is 15.0. The van der Waals surface area contributed by atoms with Gasteiger partial charge < -0.3 is 10.4 Å². The lowest BCUT2D eigenvalue weighted by molar-refractivity contribution is 0.468. The van der Waals surface area contributed by atoms with E-state index in [-0.39, 0.29) is 0 Å². The Morgan fingerprint density at radius 1 is 1.36 bits per heavy atom. The molecule has 0 spiro atoms. The average Bonchev–Trinajstić information content (AvgIpc) is 2.34. The number of aryl methyl sites for hydroxylation is 1. The smallest absolute Gasteiger partial charge is 0.120 e. The fourth-order valence-corrected chi connectivity index (χ4v) is 1.55. The summed E-state index contributed by atoms with van der Waals surface area (Å²) in [7, 11) is 0. The van der Waals surface area contributed by atoms with Crippen LogP contribution in [0.4, 0.5) is 0 Å². The number of aromatic hydroxyl groups is 1. The van der Waals surface area contributed by atoms with Gasteiger partial charge in [0.2, 0.25) is 0 Å². The molecule has 0 radical (unpaired) electrons. The SMILES string of the molecule is Cc1cc(O)c2c(c1)CNC2. The zero-order chi connectivity index (χ0) is 7.84. The number of rotatable bonds is 0. The Bertz CT molecular complexity index is 294. The van der Waals surface area contributed by atoms with Crippen LogP contribution in [0.1, 0.15) is 16.7 Å². The van der Waals surface area contributed by atoms with Crippen molar-refractivity contribution in [3.63, 3.8) is 0 Å². The average molecular weight is 149 g/mol. The molecule has 0 aliphatic carbocycles. The van der Waals surface area contributed by atoms with Crippen molar-refractivity contribution in [2.75, 3.05) is 0 Å². The van der Waals surface area contributed by atoms with Crippen LogP contribution in [0.3, 0.4) is 0 Å². The van der Waals surface area contributed by atoms with Crippen LogP contribution in [0.2, 0.25) is 0 Å². The fourth-order valence-electron chi connectivity index (χ4n) is 1.55. The Morgan fingerprint density at radius 2 is 2.18 bits per heavy atom. The van der Waals surface area contributed by atoms with Crippen molar-refractivity contribution in [1.82, 2.24) is 5.32 Å². The second-order valence-corrected chi connectivity index (χ2v) is 3.03. The molecule has 2 N–H and O–H groups in total. The number of nitrogens with one attached hydrogen (secondary N) is 1. The Hall–Kier alpha value is -1.02. The molecule has 2 rings (SSSR count). The highest BCUT2D eigenvalue weighted by molar-refractivity contribution is 5.44. The highest BCUT2D eigenvalue weighted by Gasteiger charge is 2.13. The zero-order valence-corrected chi connectivity index (χ0v) is 6.52. The van der Waals surface area contributed by atoms with Crippen LogP contribution in [0.25, 0.3) is 0 Å². The molecule has 58 valence electrons. The van der Waals surface area contributed by atoms with E-state index in [1.165, 1.54) is 5.56 Å². The molecule has 1 heterocycles. The lowest BCUT2D eigenvalue weighted by Crippen LogP contribution is -1.99. The molecule has 0 bridgehead atoms. The number of hydrogen-bond donors (Lipinski definition) is 2. The highest BCUT2D eigenvalue weighted by atomic mass is 16.3. The minimum atomic E-state index is 0.435. The molecule has 2 nitrogen and oxygen atoms in total. The molecule has 1 aromatic carbocycles. The van der Waals surface area contributed by atoms with E-state index in [4.69, 9.17) is 0 Å². The third-order valence-electron chi connectivity index (χ3n) is 2.08. The van der Waals surface area contributed by atoms with E-state index < -0.39 is 0 Å². The summed E-state index contributed by atoms with van der Waals surface area (Å²) in [5.74, 6) is 0.435. The highest BCUT2D eigenvalue weighted by Crippen LogP contribution is 2.26. The summed E-state index contributed by atoms with van der Waals surface area (Å²) in [6.07, 6.45) is 0. The Labute approximate surface area is 65.9 Å². The largest absolute Gasteiger partial charge is 0.508 e. The number of phenolic OH excluding ortho intramolecular Hbond substituents is 1. The quantitative estimate of drug-likeness (QED) is 0.582. The van der Waals surface area contributed by atoms with Crippen molar-refractivity contribution in [3.8, 4) is 5.75 Å². The van der Waals surface area contributed by atoms with Gasteiger partial charge in [-0.2, -0.15) is 0 Å². The van der Waals surface area contributed by atoms with E-state index in [1.807, 2.05) is 13.0 Å². The molecule has 0 atom stereocenters. The summed E-state index contributed by atoms with van der Waals surface area (Å²) in [6, 6.07) is 3.93. The molecule has 0 unspecified atom stereocenters. The first-order chi connectivity index (χ1) is 5.27. The molecule has 2 heteroatoms. The zero-order valence-electron chi connectivity index (χ0n) is 6.52. The summed E-state index contributed by atoms with van der Waals surface area (Å²) in [6.45, 7) is 3.70. The molecule has 11 heavy (non-hydrogen) atoms. The maximum atomic E-state index is 9.47. The third kappa shape index (κ3) is 0.994. The Morgan fingerprint density at radius 3 is 3.00 bits per heavy atom. The van der Waals surface area contributed by atoms with E-state index in [0.717, 1.165) is 24.2 Å². The van der Waals surface area contributed by atoms with Crippen LogP contribution < -0.4 is 5.32 Å². The van der Waals surface area contributed by atoms with Crippen molar-refractivity contribution in [1.29, 1.82) is 0 Å². The predicted octanol–water partition coefficient (Wildman–Crippen LogP) is 1.30. The van der Waals surface area contributed by atoms with Crippen molar-refractivity contribution < 1.29 is 5.11 Å². The van der Waals surface area contributed by atoms with Gasteiger partial charge in [-0.05, 0) is 24.1 Å². The van der Waals surface area contributed by atoms with Crippen molar-refractivity contribution in [2.45, 2.75) is 20.0 Å². The molecule has 0 saturated carbocycles. The fraction of sp³-hybridized carbons (Fsp3) is 0.333. The van der Waals surface area contributed by atoms with Crippen LogP contribution in [-0.4, -0.2) is 5.11 Å². The summed E-state index contributed by atoms with van der Waals surface area (Å²) in [5.41, 5.74) is 3.43. The second-order valence-electron chi connectivity index (χ2n) is 3.03. The molecule has 0 fully saturated rings. The summed E-state index contributed by atoms with van der Waals surface area (Å²) >= 11 is 0. The standard InChI is InChI=1S/C9H11NO/c1-6-2-7-4-10-5-8(7)9(11)3-6/h2-3,10-11H,4-5H2,1H3. The van der Waals surface area contributed by atoms with E-state index in [0.29, 0.717) is 5.75 Å². The monoisotopic (exact) mass is 149 g/mol. The van der Waals surface area contributed by atoms with Crippen LogP contribution in [0.15, 0.2) is 12.1 Å². The number of phenols is 1. The van der Waals surface area contributed by atoms with Gasteiger partial charge in [-0.3, -0.25) is 0 Å². The van der Waals surface area contributed by atoms with Crippen LogP contribution in [0.5, 0.6) is 5.75 Å². The summed E-state index contributed by atoms with van der Waals surface area (Å²) in [4.78, 5) is 0. The van der Waals surface area contributed by atoms with Crippen LogP contribution in [-0.2, 0) is 13.1 Å². The maximum absolute atomic E-state index is 9.47. The van der Waals surface area contributed by atoms with E-state index in [9.17, 15) is 5.11 Å². The number of hydrogen-bond acceptors (Lipinski definition) is 2. The first-order valence-corrected chi connectivity index (χ1v) is 3.79. The summed E-state index contributed by atoms with van der Waals surface area (Å²) in [5, 5.41) is 12.7. The van der Waals surface area contributed by atoms with Crippen molar-refractivity contribution in [3.05, 3.63) is 28.8 Å². The molecule has 0 aromatic heterocycles. The lowest BCUT2D eigenvalue weighted by atomic mass is 10.1. The number of fused-ring (bicyclic) bond motifs is 1. The van der Waals surface area contributed by atoms with Crippen molar-refractivity contribution in [2.24, 2.45) is 0 Å². The van der Waals surface area contributed by atoms with Crippen LogP contribution >= 0.6 is 0 Å². The van der Waals surface area contributed by atoms with Gasteiger partial charge in [-0.25, -0.2) is 0 Å². The van der Waals surface area contributed by atoms with Gasteiger partial charge in [0, 0.05) is 18.7 Å². The van der Waals surface area contributed by atoms with Gasteiger partial charge in [0.1, 0.15) is 5.75 Å². The molecule has 1 aliphatic heterocycles. The first kappa shape index (κ1) is 6.68. The minimum absolute atomic E-state index is 0.435. The van der Waals surface area contributed by atoms with Gasteiger partial charge in [0.05, 0.1) is 0 Å². The molecular weight excluding hydrogens is 138 g/mol. The van der Waals surface area contributed by atoms with Gasteiger partial charge >= 0.3 is 0 Å². The number of benzene rings is 1. The van der Waals surface area contributed by atoms with Gasteiger partial charge in [-0.15, -0.1) is 0 Å². The van der Waals surface area contributed by atoms with Gasteiger partial charge in [-0.1, -0.05) is 6.07 Å². The first-order valence-electron chi connectivity index (χ1n) is 3.79. The lowest BCUT2D eigenvalue weighted by Gasteiger charge is -2.02. The molecule has 0 amide bonds. The van der Waals surface area contributed by atoms with Crippen molar-refractivity contribution >= 4 is 0 Å². The Kier molecular flexibility index (Phi) is 1.36. The topological polar surface area (TPSA) is 32.3 Å². The maximum Gasteiger partial charge on any atom is 0.120 e. The molecule has 0 saturated heterocycles. The van der Waals surface area contributed by atoms with E-state index >= 15 is 0 Å². The van der Waals surface area contributed by atoms with E-state index in [2.05, 4.69) is 11.4 Å². The summed E-state index contributed by atoms with van der Waals surface area (Å²) < 4.78 is 0. The van der Waals surface area contributed by atoms with E-state index in [1.54, 1.807) is 0 Å². The van der Waals surface area contributed by atoms with Gasteiger partial charge in [0.25, 0.3) is 0 Å².